The minimum Gasteiger partial charge on any atom is -0.351 e. The molecule has 0 fully saturated rings. The molecule has 0 aromatic heterocycles. The molecule has 78 valence electrons. The summed E-state index contributed by atoms with van der Waals surface area (Å²) in [4.78, 5) is 10.2. The summed E-state index contributed by atoms with van der Waals surface area (Å²) in [7, 11) is -7.55. The Balaban J connectivity index is 4.99. The molecule has 0 aliphatic heterocycles. The van der Waals surface area contributed by atoms with Crippen molar-refractivity contribution in [2.75, 3.05) is 13.3 Å². The summed E-state index contributed by atoms with van der Waals surface area (Å²) in [5, 5.41) is 0. The summed E-state index contributed by atoms with van der Waals surface area (Å²) < 4.78 is 44.6. The molecular formula is C3H9N3O5S2. The second-order valence-electron chi connectivity index (χ2n) is 2.11. The van der Waals surface area contributed by atoms with E-state index in [1.165, 1.54) is 4.72 Å². The van der Waals surface area contributed by atoms with Gasteiger partial charge in [0.25, 0.3) is 0 Å². The Kier molecular flexibility index (Phi) is 3.24. The quantitative estimate of drug-likeness (QED) is 0.569. The fourth-order valence-corrected chi connectivity index (χ4v) is 2.29. The van der Waals surface area contributed by atoms with Gasteiger partial charge >= 0.3 is 16.2 Å². The third-order valence-corrected chi connectivity index (χ3v) is 4.51. The summed E-state index contributed by atoms with van der Waals surface area (Å²) in [6.07, 6.45) is 0.674. The molecule has 3 N–H and O–H groups in total. The molecule has 13 heavy (non-hydrogen) atoms. The van der Waals surface area contributed by atoms with Crippen molar-refractivity contribution in [2.45, 2.75) is 0 Å². The van der Waals surface area contributed by atoms with Crippen LogP contribution >= 0.6 is 0 Å². The first-order chi connectivity index (χ1) is 5.57. The van der Waals surface area contributed by atoms with E-state index >= 15 is 0 Å². The van der Waals surface area contributed by atoms with Crippen molar-refractivity contribution >= 4 is 26.3 Å². The van der Waals surface area contributed by atoms with Crippen LogP contribution in [0.5, 0.6) is 0 Å². The molecule has 8 nitrogen and oxygen atoms in total. The summed E-state index contributed by atoms with van der Waals surface area (Å²) in [6, 6.07) is -1.35. The highest BCUT2D eigenvalue weighted by Crippen LogP contribution is 1.99. The summed E-state index contributed by atoms with van der Waals surface area (Å²) in [5.41, 5.74) is 4.51. The van der Waals surface area contributed by atoms with Gasteiger partial charge in [0.2, 0.25) is 10.0 Å². The van der Waals surface area contributed by atoms with Crippen LogP contribution in [0.2, 0.25) is 0 Å². The number of nitrogens with two attached hydrogens (primary N) is 1. The van der Waals surface area contributed by atoms with Crippen LogP contribution in [0, 0.1) is 0 Å². The molecule has 0 radical (unpaired) electrons. The molecule has 0 atom stereocenters. The fraction of sp³-hybridized carbons (Fsp3) is 0.667. The van der Waals surface area contributed by atoms with Gasteiger partial charge in [0.05, 0.1) is 6.26 Å². The van der Waals surface area contributed by atoms with Crippen molar-refractivity contribution in [3.05, 3.63) is 0 Å². The van der Waals surface area contributed by atoms with E-state index in [4.69, 9.17) is 0 Å². The van der Waals surface area contributed by atoms with Crippen LogP contribution in [-0.4, -0.2) is 39.9 Å². The highest BCUT2D eigenvalue weighted by molar-refractivity contribution is 8.03. The first-order valence-corrected chi connectivity index (χ1v) is 6.12. The molecule has 0 aromatic carbocycles. The Hall–Kier alpha value is -0.870. The molecule has 10 heteroatoms. The van der Waals surface area contributed by atoms with Gasteiger partial charge in [-0.15, -0.1) is 0 Å². The normalized spacial score (nSPS) is 12.8. The number of carbonyl (C=O) groups excluding carboxylic acids is 1. The van der Waals surface area contributed by atoms with Gasteiger partial charge in [0.1, 0.15) is 0 Å². The maximum absolute atomic E-state index is 10.9. The van der Waals surface area contributed by atoms with E-state index in [-0.39, 0.29) is 3.71 Å². The molecule has 0 aromatic rings. The number of primary amides is 1. The third-order valence-electron chi connectivity index (χ3n) is 1.04. The van der Waals surface area contributed by atoms with Crippen LogP contribution in [0.25, 0.3) is 0 Å². The summed E-state index contributed by atoms with van der Waals surface area (Å²) in [5.74, 6) is 0. The monoisotopic (exact) mass is 231 g/mol. The molecule has 0 bridgehead atoms. The second kappa shape index (κ2) is 3.47. The average molecular weight is 231 g/mol. The van der Waals surface area contributed by atoms with Crippen LogP contribution in [0.15, 0.2) is 0 Å². The highest BCUT2D eigenvalue weighted by Gasteiger charge is 2.27. The number of hydrogen-bond donors (Lipinski definition) is 2. The minimum absolute atomic E-state index is 0.00472. The van der Waals surface area contributed by atoms with Gasteiger partial charge in [0, 0.05) is 7.05 Å². The van der Waals surface area contributed by atoms with Crippen molar-refractivity contribution in [1.82, 2.24) is 8.43 Å². The topological polar surface area (TPSA) is 127 Å². The maximum Gasteiger partial charge on any atom is 0.326 e. The lowest BCUT2D eigenvalue weighted by Crippen LogP contribution is -2.45. The van der Waals surface area contributed by atoms with E-state index in [1.54, 1.807) is 0 Å². The van der Waals surface area contributed by atoms with Crippen LogP contribution in [-0.2, 0) is 20.2 Å². The van der Waals surface area contributed by atoms with E-state index < -0.39 is 26.3 Å². The van der Waals surface area contributed by atoms with E-state index in [1.807, 2.05) is 0 Å². The minimum atomic E-state index is -4.40. The Morgan fingerprint density at radius 1 is 1.31 bits per heavy atom. The number of urea groups is 1. The SMILES string of the molecule is CN(S(C)(=O)=O)S(=O)(=O)NC(N)=O. The summed E-state index contributed by atoms with van der Waals surface area (Å²) >= 11 is 0. The number of amides is 2. The van der Waals surface area contributed by atoms with Crippen molar-refractivity contribution in [1.29, 1.82) is 0 Å². The molecule has 0 aliphatic carbocycles. The van der Waals surface area contributed by atoms with Crippen molar-refractivity contribution < 1.29 is 21.6 Å². The van der Waals surface area contributed by atoms with E-state index in [2.05, 4.69) is 5.73 Å². The molecule has 0 saturated carbocycles. The number of carbonyl (C=O) groups is 1. The molecule has 0 unspecified atom stereocenters. The molecule has 2 amide bonds. The zero-order valence-corrected chi connectivity index (χ0v) is 8.52. The van der Waals surface area contributed by atoms with Gasteiger partial charge in [-0.2, -0.15) is 8.42 Å². The molecule has 0 aliphatic rings. The van der Waals surface area contributed by atoms with Gasteiger partial charge in [0.15, 0.2) is 0 Å². The average Bonchev–Trinajstić information content (AvgIpc) is 1.80. The van der Waals surface area contributed by atoms with Crippen molar-refractivity contribution in [3.63, 3.8) is 0 Å². The predicted molar refractivity (Wildman–Crippen MR) is 44.2 cm³/mol. The predicted octanol–water partition coefficient (Wildman–Crippen LogP) is -2.21. The Labute approximate surface area is 75.9 Å². The molecule has 0 spiro atoms. The van der Waals surface area contributed by atoms with Gasteiger partial charge in [-0.1, -0.05) is 3.71 Å². The maximum atomic E-state index is 10.9. The first kappa shape index (κ1) is 12.1. The second-order valence-corrected chi connectivity index (χ2v) is 6.06. The number of rotatable bonds is 3. The molecule has 0 rings (SSSR count). The number of nitrogens with zero attached hydrogens (tertiary/aromatic N) is 1. The Bertz CT molecular complexity index is 395. The lowest BCUT2D eigenvalue weighted by atomic mass is 11.2. The van der Waals surface area contributed by atoms with E-state index in [9.17, 15) is 21.6 Å². The zero-order chi connectivity index (χ0) is 10.9. The van der Waals surface area contributed by atoms with Crippen LogP contribution in [0.1, 0.15) is 0 Å². The van der Waals surface area contributed by atoms with E-state index in [0.29, 0.717) is 6.26 Å². The first-order valence-electron chi connectivity index (χ1n) is 2.83. The van der Waals surface area contributed by atoms with Gasteiger partial charge < -0.3 is 5.73 Å². The van der Waals surface area contributed by atoms with Gasteiger partial charge in [-0.3, -0.25) is 0 Å². The largest absolute Gasteiger partial charge is 0.351 e. The van der Waals surface area contributed by atoms with Crippen LogP contribution in [0.4, 0.5) is 4.79 Å². The molecule has 0 saturated heterocycles. The third kappa shape index (κ3) is 3.57. The van der Waals surface area contributed by atoms with Crippen molar-refractivity contribution in [2.24, 2.45) is 5.73 Å². The number of hydrogen-bond acceptors (Lipinski definition) is 5. The Morgan fingerprint density at radius 2 is 1.69 bits per heavy atom. The standard InChI is InChI=1S/C3H9N3O5S2/c1-6(12(2,8)9)13(10,11)5-3(4)7/h1-2H3,(H3,4,5,7). The smallest absolute Gasteiger partial charge is 0.326 e. The van der Waals surface area contributed by atoms with Gasteiger partial charge in [-0.25, -0.2) is 17.9 Å². The number of sulfonamides is 1. The van der Waals surface area contributed by atoms with Crippen LogP contribution < -0.4 is 10.5 Å². The molecule has 0 heterocycles. The summed E-state index contributed by atoms with van der Waals surface area (Å²) in [6.45, 7) is 0. The Morgan fingerprint density at radius 3 is 1.92 bits per heavy atom. The number of nitrogens with one attached hydrogen (secondary N) is 1. The lowest BCUT2D eigenvalue weighted by molar-refractivity contribution is 0.253. The van der Waals surface area contributed by atoms with Crippen LogP contribution in [0.3, 0.4) is 0 Å². The zero-order valence-electron chi connectivity index (χ0n) is 6.88. The molecular weight excluding hydrogens is 222 g/mol. The van der Waals surface area contributed by atoms with Crippen molar-refractivity contribution in [3.8, 4) is 0 Å². The van der Waals surface area contributed by atoms with Gasteiger partial charge in [-0.05, 0) is 0 Å². The lowest BCUT2D eigenvalue weighted by Gasteiger charge is -2.13. The highest BCUT2D eigenvalue weighted by atomic mass is 32.3. The fourth-order valence-electron chi connectivity index (χ4n) is 0.370. The van der Waals surface area contributed by atoms with E-state index in [0.717, 1.165) is 7.05 Å².